The fourth-order valence-electron chi connectivity index (χ4n) is 5.02. The highest BCUT2D eigenvalue weighted by Gasteiger charge is 2.44. The molecule has 1 aliphatic heterocycles. The number of halogens is 1. The Balaban J connectivity index is 1.47. The van der Waals surface area contributed by atoms with E-state index in [-0.39, 0.29) is 11.9 Å². The van der Waals surface area contributed by atoms with Crippen LogP contribution >= 0.6 is 11.6 Å². The van der Waals surface area contributed by atoms with Crippen molar-refractivity contribution in [3.8, 4) is 0 Å². The lowest BCUT2D eigenvalue weighted by molar-refractivity contribution is -0.128. The van der Waals surface area contributed by atoms with E-state index in [0.29, 0.717) is 43.9 Å². The number of alkyl carbamates (subject to hydrolysis) is 1. The molecule has 2 aromatic heterocycles. The number of piperidine rings is 1. The maximum absolute atomic E-state index is 13.7. The number of amides is 2. The smallest absolute Gasteiger partial charge is 0.408 e. The maximum atomic E-state index is 13.7. The molecule has 1 unspecified atom stereocenters. The van der Waals surface area contributed by atoms with Crippen molar-refractivity contribution in [1.29, 1.82) is 0 Å². The number of H-pyrrole nitrogens is 1. The van der Waals surface area contributed by atoms with Gasteiger partial charge in [0.05, 0.1) is 5.39 Å². The molecule has 39 heavy (non-hydrogen) atoms. The molecule has 210 valence electrons. The van der Waals surface area contributed by atoms with E-state index < -0.39 is 17.2 Å². The first-order valence-electron chi connectivity index (χ1n) is 13.2. The first-order valence-corrected chi connectivity index (χ1v) is 13.6. The molecule has 10 nitrogen and oxygen atoms in total. The lowest BCUT2D eigenvalue weighted by atomic mass is 9.86. The molecule has 1 aliphatic rings. The number of anilines is 1. The summed E-state index contributed by atoms with van der Waals surface area (Å²) in [5.74, 6) is 0.598. The third kappa shape index (κ3) is 6.99. The Morgan fingerprint density at radius 3 is 2.49 bits per heavy atom. The Kier molecular flexibility index (Phi) is 8.66. The van der Waals surface area contributed by atoms with E-state index in [1.165, 1.54) is 6.33 Å². The Labute approximate surface area is 234 Å². The van der Waals surface area contributed by atoms with E-state index >= 15 is 0 Å². The van der Waals surface area contributed by atoms with Crippen molar-refractivity contribution in [2.75, 3.05) is 38.6 Å². The molecular weight excluding hydrogens is 518 g/mol. The number of benzene rings is 1. The van der Waals surface area contributed by atoms with Gasteiger partial charge in [-0.1, -0.05) is 23.7 Å². The second-order valence-corrected chi connectivity index (χ2v) is 11.6. The van der Waals surface area contributed by atoms with Gasteiger partial charge in [0, 0.05) is 36.9 Å². The van der Waals surface area contributed by atoms with Crippen molar-refractivity contribution < 1.29 is 14.3 Å². The van der Waals surface area contributed by atoms with Crippen LogP contribution in [0.1, 0.15) is 51.6 Å². The standard InChI is InChI=1S/C28H38ClN7O3/c1-27(2,3)39-26(38)34-28(12-16-36(17-13-28)24-21-10-14-30-23(21)32-18-33-24)25(37)31-15-11-22(35(4)5)19-6-8-20(29)9-7-19/h6-10,14,18,22H,11-13,15-17H2,1-5H3,(H,31,37)(H,34,38)(H,30,32,33). The van der Waals surface area contributed by atoms with Crippen molar-refractivity contribution in [1.82, 2.24) is 30.5 Å². The minimum atomic E-state index is -1.10. The molecule has 1 saturated heterocycles. The van der Waals surface area contributed by atoms with Crippen LogP contribution in [0.4, 0.5) is 10.6 Å². The molecule has 0 saturated carbocycles. The molecular formula is C28H38ClN7O3. The van der Waals surface area contributed by atoms with Crippen LogP contribution in [0, 0.1) is 0 Å². The zero-order valence-electron chi connectivity index (χ0n) is 23.3. The van der Waals surface area contributed by atoms with E-state index in [1.807, 2.05) is 50.6 Å². The number of fused-ring (bicyclic) bond motifs is 1. The van der Waals surface area contributed by atoms with Crippen LogP contribution in [0.3, 0.4) is 0 Å². The lowest BCUT2D eigenvalue weighted by Gasteiger charge is -2.41. The number of nitrogens with one attached hydrogen (secondary N) is 3. The average Bonchev–Trinajstić information content (AvgIpc) is 3.35. The van der Waals surface area contributed by atoms with Crippen LogP contribution < -0.4 is 15.5 Å². The zero-order valence-corrected chi connectivity index (χ0v) is 24.0. The Morgan fingerprint density at radius 1 is 1.15 bits per heavy atom. The van der Waals surface area contributed by atoms with Gasteiger partial charge in [0.2, 0.25) is 5.91 Å². The largest absolute Gasteiger partial charge is 0.444 e. The summed E-state index contributed by atoms with van der Waals surface area (Å²) in [5.41, 5.74) is 0.102. The number of aromatic nitrogens is 3. The van der Waals surface area contributed by atoms with Crippen LogP contribution in [0.15, 0.2) is 42.9 Å². The molecule has 1 fully saturated rings. The Morgan fingerprint density at radius 2 is 1.85 bits per heavy atom. The van der Waals surface area contributed by atoms with Crippen molar-refractivity contribution >= 4 is 40.5 Å². The Hall–Kier alpha value is -3.37. The Bertz CT molecular complexity index is 1280. The first kappa shape index (κ1) is 28.6. The van der Waals surface area contributed by atoms with E-state index in [2.05, 4.69) is 35.4 Å². The molecule has 0 spiro atoms. The van der Waals surface area contributed by atoms with Gasteiger partial charge in [0.1, 0.15) is 28.9 Å². The van der Waals surface area contributed by atoms with Crippen molar-refractivity contribution in [3.05, 3.63) is 53.4 Å². The third-order valence-electron chi connectivity index (χ3n) is 7.01. The molecule has 4 rings (SSSR count). The van der Waals surface area contributed by atoms with Gasteiger partial charge in [0.25, 0.3) is 0 Å². The second kappa shape index (κ2) is 11.8. The van der Waals surface area contributed by atoms with Gasteiger partial charge >= 0.3 is 6.09 Å². The molecule has 3 aromatic rings. The van der Waals surface area contributed by atoms with E-state index in [0.717, 1.165) is 22.4 Å². The van der Waals surface area contributed by atoms with Gasteiger partial charge < -0.3 is 30.2 Å². The van der Waals surface area contributed by atoms with Gasteiger partial charge in [-0.25, -0.2) is 14.8 Å². The summed E-state index contributed by atoms with van der Waals surface area (Å²) in [6.07, 6.45) is 4.27. The van der Waals surface area contributed by atoms with Crippen molar-refractivity contribution in [2.45, 2.75) is 57.2 Å². The van der Waals surface area contributed by atoms with E-state index in [4.69, 9.17) is 16.3 Å². The predicted octanol–water partition coefficient (Wildman–Crippen LogP) is 4.28. The number of hydrogen-bond donors (Lipinski definition) is 3. The SMILES string of the molecule is CN(C)C(CCNC(=O)C1(NC(=O)OC(C)(C)C)CCN(c2ncnc3[nH]ccc23)CC1)c1ccc(Cl)cc1. The molecule has 0 radical (unpaired) electrons. The average molecular weight is 556 g/mol. The molecule has 1 atom stereocenters. The number of carbonyl (C=O) groups is 2. The predicted molar refractivity (Wildman–Crippen MR) is 153 cm³/mol. The second-order valence-electron chi connectivity index (χ2n) is 11.2. The zero-order chi connectivity index (χ0) is 28.2. The number of hydrogen-bond acceptors (Lipinski definition) is 7. The summed E-state index contributed by atoms with van der Waals surface area (Å²) >= 11 is 6.07. The number of carbonyl (C=O) groups excluding carboxylic acids is 2. The maximum Gasteiger partial charge on any atom is 0.408 e. The fourth-order valence-corrected chi connectivity index (χ4v) is 5.14. The van der Waals surface area contributed by atoms with Gasteiger partial charge in [-0.05, 0) is 77.9 Å². The summed E-state index contributed by atoms with van der Waals surface area (Å²) in [5, 5.41) is 7.63. The highest BCUT2D eigenvalue weighted by atomic mass is 35.5. The monoisotopic (exact) mass is 555 g/mol. The number of nitrogens with zero attached hydrogens (tertiary/aromatic N) is 4. The normalized spacial score (nSPS) is 16.2. The minimum absolute atomic E-state index is 0.0979. The van der Waals surface area contributed by atoms with Crippen LogP contribution in [-0.2, 0) is 9.53 Å². The third-order valence-corrected chi connectivity index (χ3v) is 7.26. The quantitative estimate of drug-likeness (QED) is 0.380. The number of ether oxygens (including phenoxy) is 1. The van der Waals surface area contributed by atoms with Crippen LogP contribution in [0.5, 0.6) is 0 Å². The van der Waals surface area contributed by atoms with Crippen LogP contribution in [0.25, 0.3) is 11.0 Å². The van der Waals surface area contributed by atoms with Crippen LogP contribution in [-0.4, -0.2) is 76.7 Å². The highest BCUT2D eigenvalue weighted by molar-refractivity contribution is 6.30. The van der Waals surface area contributed by atoms with Crippen molar-refractivity contribution in [2.24, 2.45) is 0 Å². The van der Waals surface area contributed by atoms with Gasteiger partial charge in [-0.15, -0.1) is 0 Å². The van der Waals surface area contributed by atoms with E-state index in [9.17, 15) is 9.59 Å². The lowest BCUT2D eigenvalue weighted by Crippen LogP contribution is -2.64. The van der Waals surface area contributed by atoms with Gasteiger partial charge in [-0.3, -0.25) is 4.79 Å². The molecule has 0 bridgehead atoms. The number of rotatable bonds is 8. The summed E-state index contributed by atoms with van der Waals surface area (Å²) in [6, 6.07) is 9.80. The summed E-state index contributed by atoms with van der Waals surface area (Å²) < 4.78 is 5.53. The molecule has 11 heteroatoms. The molecule has 3 heterocycles. The number of aromatic amines is 1. The summed E-state index contributed by atoms with van der Waals surface area (Å²) in [6.45, 7) is 6.92. The highest BCUT2D eigenvalue weighted by Crippen LogP contribution is 2.30. The summed E-state index contributed by atoms with van der Waals surface area (Å²) in [4.78, 5) is 42.7. The molecule has 0 aliphatic carbocycles. The van der Waals surface area contributed by atoms with Crippen molar-refractivity contribution in [3.63, 3.8) is 0 Å². The topological polar surface area (TPSA) is 115 Å². The molecule has 3 N–H and O–H groups in total. The van der Waals surface area contributed by atoms with Gasteiger partial charge in [0.15, 0.2) is 0 Å². The molecule has 2 amide bonds. The summed E-state index contributed by atoms with van der Waals surface area (Å²) in [7, 11) is 4.02. The van der Waals surface area contributed by atoms with Gasteiger partial charge in [-0.2, -0.15) is 0 Å². The minimum Gasteiger partial charge on any atom is -0.444 e. The molecule has 1 aromatic carbocycles. The fraction of sp³-hybridized carbons (Fsp3) is 0.500. The van der Waals surface area contributed by atoms with Crippen LogP contribution in [0.2, 0.25) is 5.02 Å². The first-order chi connectivity index (χ1) is 18.5. The van der Waals surface area contributed by atoms with E-state index in [1.54, 1.807) is 20.8 Å².